The molecule has 7 nitrogen and oxygen atoms in total. The molecule has 17 heavy (non-hydrogen) atoms. The normalized spacial score (nSPS) is 12.5. The average molecular weight is 241 g/mol. The molecule has 1 heterocycles. The quantitative estimate of drug-likeness (QED) is 0.608. The molecule has 0 aliphatic carbocycles. The van der Waals surface area contributed by atoms with Gasteiger partial charge in [0.25, 0.3) is 5.88 Å². The Morgan fingerprint density at radius 2 is 2.18 bits per heavy atom. The zero-order valence-electron chi connectivity index (χ0n) is 9.95. The second kappa shape index (κ2) is 5.53. The summed E-state index contributed by atoms with van der Waals surface area (Å²) in [6.45, 7) is 3.66. The number of aliphatic hydroxyl groups is 1. The van der Waals surface area contributed by atoms with Gasteiger partial charge in [-0.05, 0) is 5.92 Å². The van der Waals surface area contributed by atoms with Crippen LogP contribution in [0.4, 0.5) is 5.69 Å². The van der Waals surface area contributed by atoms with Gasteiger partial charge in [-0.3, -0.25) is 10.1 Å². The Hall–Kier alpha value is -1.76. The summed E-state index contributed by atoms with van der Waals surface area (Å²) in [5, 5.41) is 20.6. The van der Waals surface area contributed by atoms with Crippen LogP contribution in [0, 0.1) is 16.0 Å². The zero-order valence-corrected chi connectivity index (χ0v) is 9.95. The summed E-state index contributed by atoms with van der Waals surface area (Å²) in [5.74, 6) is -0.0912. The molecule has 1 aromatic rings. The Balaban J connectivity index is 3.10. The fraction of sp³-hybridized carbons (Fsp3) is 0.600. The van der Waals surface area contributed by atoms with Crippen molar-refractivity contribution in [1.29, 1.82) is 0 Å². The van der Waals surface area contributed by atoms with E-state index in [4.69, 9.17) is 4.74 Å². The molecule has 0 amide bonds. The molecule has 0 spiro atoms. The van der Waals surface area contributed by atoms with Gasteiger partial charge in [0, 0.05) is 6.42 Å². The number of methoxy groups -OCH3 is 1. The van der Waals surface area contributed by atoms with E-state index in [1.54, 1.807) is 0 Å². The Morgan fingerprint density at radius 1 is 1.53 bits per heavy atom. The zero-order chi connectivity index (χ0) is 13.0. The summed E-state index contributed by atoms with van der Waals surface area (Å²) >= 11 is 0. The van der Waals surface area contributed by atoms with Crippen molar-refractivity contribution >= 4 is 5.69 Å². The third-order valence-electron chi connectivity index (χ3n) is 2.41. The lowest BCUT2D eigenvalue weighted by molar-refractivity contribution is -0.387. The molecule has 1 rings (SSSR count). The van der Waals surface area contributed by atoms with Gasteiger partial charge in [-0.25, -0.2) is 4.98 Å². The van der Waals surface area contributed by atoms with Gasteiger partial charge >= 0.3 is 5.69 Å². The highest BCUT2D eigenvalue weighted by Gasteiger charge is 2.25. The van der Waals surface area contributed by atoms with Gasteiger partial charge in [0.05, 0.1) is 18.1 Å². The van der Waals surface area contributed by atoms with E-state index in [-0.39, 0.29) is 29.6 Å². The van der Waals surface area contributed by atoms with E-state index in [9.17, 15) is 15.2 Å². The Labute approximate surface area is 98.6 Å². The molecule has 0 fully saturated rings. The van der Waals surface area contributed by atoms with Crippen molar-refractivity contribution in [2.24, 2.45) is 5.92 Å². The largest absolute Gasteiger partial charge is 0.476 e. The standard InChI is InChI=1S/C10H15N3O4/c1-6(2)8(14)4-7-9(13(15)16)10(17-3)12-5-11-7/h5-6,8,14H,4H2,1-3H3. The van der Waals surface area contributed by atoms with Gasteiger partial charge in [0.15, 0.2) is 0 Å². The summed E-state index contributed by atoms with van der Waals surface area (Å²) in [6.07, 6.45) is 0.606. The minimum absolute atomic E-state index is 0.00411. The molecule has 0 saturated heterocycles. The van der Waals surface area contributed by atoms with Crippen LogP contribution in [-0.2, 0) is 6.42 Å². The van der Waals surface area contributed by atoms with Crippen LogP contribution >= 0.6 is 0 Å². The average Bonchev–Trinajstić information content (AvgIpc) is 2.27. The van der Waals surface area contributed by atoms with Crippen LogP contribution in [-0.4, -0.2) is 33.2 Å². The fourth-order valence-corrected chi connectivity index (χ4v) is 1.31. The first-order valence-corrected chi connectivity index (χ1v) is 5.17. The van der Waals surface area contributed by atoms with E-state index in [0.29, 0.717) is 0 Å². The molecule has 0 radical (unpaired) electrons. The maximum atomic E-state index is 10.9. The topological polar surface area (TPSA) is 98.4 Å². The van der Waals surface area contributed by atoms with Crippen LogP contribution < -0.4 is 4.74 Å². The van der Waals surface area contributed by atoms with E-state index >= 15 is 0 Å². The molecule has 1 unspecified atom stereocenters. The highest BCUT2D eigenvalue weighted by Crippen LogP contribution is 2.27. The van der Waals surface area contributed by atoms with Crippen LogP contribution in [0.5, 0.6) is 5.88 Å². The summed E-state index contributed by atoms with van der Waals surface area (Å²) in [6, 6.07) is 0. The van der Waals surface area contributed by atoms with E-state index in [1.165, 1.54) is 13.4 Å². The molecule has 0 saturated carbocycles. The van der Waals surface area contributed by atoms with Gasteiger partial charge in [0.2, 0.25) is 0 Å². The van der Waals surface area contributed by atoms with Crippen molar-refractivity contribution in [2.75, 3.05) is 7.11 Å². The van der Waals surface area contributed by atoms with Gasteiger partial charge in [-0.1, -0.05) is 13.8 Å². The fourth-order valence-electron chi connectivity index (χ4n) is 1.31. The van der Waals surface area contributed by atoms with Gasteiger partial charge in [-0.2, -0.15) is 4.98 Å². The summed E-state index contributed by atoms with van der Waals surface area (Å²) in [4.78, 5) is 17.8. The number of rotatable bonds is 5. The number of aliphatic hydroxyl groups excluding tert-OH is 1. The molecule has 1 N–H and O–H groups in total. The smallest absolute Gasteiger partial charge is 0.352 e. The van der Waals surface area contributed by atoms with Gasteiger partial charge in [-0.15, -0.1) is 0 Å². The predicted molar refractivity (Wildman–Crippen MR) is 59.8 cm³/mol. The lowest BCUT2D eigenvalue weighted by Gasteiger charge is -2.13. The van der Waals surface area contributed by atoms with Crippen LogP contribution in [0.2, 0.25) is 0 Å². The first-order chi connectivity index (χ1) is 7.97. The molecule has 94 valence electrons. The maximum Gasteiger partial charge on any atom is 0.352 e. The number of hydrogen-bond acceptors (Lipinski definition) is 6. The third-order valence-corrected chi connectivity index (χ3v) is 2.41. The van der Waals surface area contributed by atoms with Crippen molar-refractivity contribution in [1.82, 2.24) is 9.97 Å². The number of nitrogens with zero attached hydrogens (tertiary/aromatic N) is 3. The highest BCUT2D eigenvalue weighted by molar-refractivity contribution is 5.44. The predicted octanol–water partition coefficient (Wildman–Crippen LogP) is 0.953. The van der Waals surface area contributed by atoms with E-state index in [1.807, 2.05) is 13.8 Å². The van der Waals surface area contributed by atoms with Gasteiger partial charge < -0.3 is 9.84 Å². The Bertz CT molecular complexity index is 409. The van der Waals surface area contributed by atoms with Crippen LogP contribution in [0.25, 0.3) is 0 Å². The number of nitro groups is 1. The summed E-state index contributed by atoms with van der Waals surface area (Å²) in [5.41, 5.74) is -0.0993. The monoisotopic (exact) mass is 241 g/mol. The maximum absolute atomic E-state index is 10.9. The molecular weight excluding hydrogens is 226 g/mol. The van der Waals surface area contributed by atoms with Crippen LogP contribution in [0.15, 0.2) is 6.33 Å². The van der Waals surface area contributed by atoms with Crippen molar-refractivity contribution in [3.8, 4) is 5.88 Å². The lowest BCUT2D eigenvalue weighted by atomic mass is 10.0. The Morgan fingerprint density at radius 3 is 2.65 bits per heavy atom. The minimum atomic E-state index is -0.687. The number of hydrogen-bond donors (Lipinski definition) is 1. The third kappa shape index (κ3) is 3.10. The summed E-state index contributed by atoms with van der Waals surface area (Å²) in [7, 11) is 1.30. The molecular formula is C10H15N3O4. The molecule has 7 heteroatoms. The van der Waals surface area contributed by atoms with Crippen molar-refractivity contribution < 1.29 is 14.8 Å². The SMILES string of the molecule is COc1ncnc(CC(O)C(C)C)c1[N+](=O)[O-]. The van der Waals surface area contributed by atoms with Gasteiger partial charge in [0.1, 0.15) is 12.0 Å². The molecule has 0 bridgehead atoms. The van der Waals surface area contributed by atoms with E-state index in [0.717, 1.165) is 0 Å². The number of aromatic nitrogens is 2. The number of ether oxygens (including phenoxy) is 1. The van der Waals surface area contributed by atoms with Crippen molar-refractivity contribution in [2.45, 2.75) is 26.4 Å². The molecule has 0 aliphatic heterocycles. The minimum Gasteiger partial charge on any atom is -0.476 e. The first kappa shape index (κ1) is 13.3. The molecule has 0 aliphatic rings. The first-order valence-electron chi connectivity index (χ1n) is 5.17. The van der Waals surface area contributed by atoms with E-state index in [2.05, 4.69) is 9.97 Å². The van der Waals surface area contributed by atoms with Crippen molar-refractivity contribution in [3.63, 3.8) is 0 Å². The molecule has 0 aromatic carbocycles. The molecule has 1 aromatic heterocycles. The lowest BCUT2D eigenvalue weighted by Crippen LogP contribution is -2.19. The van der Waals surface area contributed by atoms with E-state index < -0.39 is 11.0 Å². The molecule has 1 atom stereocenters. The summed E-state index contributed by atoms with van der Waals surface area (Å²) < 4.78 is 4.81. The van der Waals surface area contributed by atoms with Crippen LogP contribution in [0.3, 0.4) is 0 Å². The second-order valence-corrected chi connectivity index (χ2v) is 3.95. The second-order valence-electron chi connectivity index (χ2n) is 3.95. The van der Waals surface area contributed by atoms with Crippen molar-refractivity contribution in [3.05, 3.63) is 22.1 Å². The highest BCUT2D eigenvalue weighted by atomic mass is 16.6. The Kier molecular flexibility index (Phi) is 4.33. The van der Waals surface area contributed by atoms with Crippen LogP contribution in [0.1, 0.15) is 19.5 Å².